The lowest BCUT2D eigenvalue weighted by atomic mass is 9.94. The molecule has 2 N–H and O–H groups in total. The molecule has 1 saturated heterocycles. The first-order chi connectivity index (χ1) is 8.22. The lowest BCUT2D eigenvalue weighted by Crippen LogP contribution is -2.40. The summed E-state index contributed by atoms with van der Waals surface area (Å²) < 4.78 is 0. The van der Waals surface area contributed by atoms with Crippen molar-refractivity contribution in [2.24, 2.45) is 0 Å². The maximum absolute atomic E-state index is 9.92. The molecule has 1 fully saturated rings. The molecule has 0 bridgehead atoms. The molecule has 1 heterocycles. The maximum Gasteiger partial charge on any atom is 0.0540 e. The lowest BCUT2D eigenvalue weighted by molar-refractivity contribution is 0.140. The van der Waals surface area contributed by atoms with Gasteiger partial charge in [-0.15, -0.1) is 0 Å². The van der Waals surface area contributed by atoms with Gasteiger partial charge in [0.1, 0.15) is 0 Å². The summed E-state index contributed by atoms with van der Waals surface area (Å²) in [5.74, 6) is 0. The largest absolute Gasteiger partial charge is 0.393 e. The molecule has 17 heavy (non-hydrogen) atoms. The van der Waals surface area contributed by atoms with Gasteiger partial charge in [-0.2, -0.15) is 0 Å². The number of aliphatic hydroxyl groups is 1. The van der Waals surface area contributed by atoms with Gasteiger partial charge in [-0.05, 0) is 39.0 Å². The monoisotopic (exact) mass is 241 g/mol. The second-order valence-corrected chi connectivity index (χ2v) is 5.78. The highest BCUT2D eigenvalue weighted by Crippen LogP contribution is 2.18. The Balaban J connectivity index is 2.00. The minimum absolute atomic E-state index is 0.0640. The van der Waals surface area contributed by atoms with E-state index in [9.17, 15) is 5.11 Å². The topological polar surface area (TPSA) is 32.3 Å². The molecule has 3 atom stereocenters. The van der Waals surface area contributed by atoms with Crippen LogP contribution >= 0.6 is 0 Å². The number of hydrogen-bond donors (Lipinski definition) is 2. The van der Waals surface area contributed by atoms with E-state index in [-0.39, 0.29) is 6.10 Å². The van der Waals surface area contributed by atoms with Crippen molar-refractivity contribution in [3.8, 4) is 0 Å². The summed E-state index contributed by atoms with van der Waals surface area (Å²) in [5.41, 5.74) is 0. The third kappa shape index (κ3) is 7.05. The van der Waals surface area contributed by atoms with Gasteiger partial charge in [-0.3, -0.25) is 0 Å². The summed E-state index contributed by atoms with van der Waals surface area (Å²) in [6.45, 7) is 4.50. The first kappa shape index (κ1) is 15.0. The zero-order valence-electron chi connectivity index (χ0n) is 11.8. The SMILES string of the molecule is CCCCCCC(O)CCC1CCCC(C)N1. The van der Waals surface area contributed by atoms with Crippen molar-refractivity contribution in [3.63, 3.8) is 0 Å². The molecule has 3 unspecified atom stereocenters. The molecule has 0 aromatic rings. The molecule has 0 spiro atoms. The van der Waals surface area contributed by atoms with E-state index in [1.807, 2.05) is 0 Å². The van der Waals surface area contributed by atoms with Crippen LogP contribution in [0.25, 0.3) is 0 Å². The van der Waals surface area contributed by atoms with Gasteiger partial charge in [0.25, 0.3) is 0 Å². The average Bonchev–Trinajstić information content (AvgIpc) is 2.32. The smallest absolute Gasteiger partial charge is 0.0540 e. The minimum atomic E-state index is -0.0640. The fourth-order valence-corrected chi connectivity index (χ4v) is 2.81. The number of nitrogens with one attached hydrogen (secondary N) is 1. The van der Waals surface area contributed by atoms with Crippen LogP contribution in [-0.2, 0) is 0 Å². The second-order valence-electron chi connectivity index (χ2n) is 5.78. The summed E-state index contributed by atoms with van der Waals surface area (Å²) in [6.07, 6.45) is 12.1. The fraction of sp³-hybridized carbons (Fsp3) is 1.00. The van der Waals surface area contributed by atoms with Crippen molar-refractivity contribution < 1.29 is 5.11 Å². The van der Waals surface area contributed by atoms with Gasteiger partial charge < -0.3 is 10.4 Å². The van der Waals surface area contributed by atoms with E-state index in [4.69, 9.17) is 0 Å². The predicted molar refractivity (Wildman–Crippen MR) is 74.2 cm³/mol. The van der Waals surface area contributed by atoms with Gasteiger partial charge in [0.2, 0.25) is 0 Å². The Hall–Kier alpha value is -0.0800. The molecular formula is C15H31NO. The van der Waals surface area contributed by atoms with Crippen LogP contribution in [0.15, 0.2) is 0 Å². The Morgan fingerprint density at radius 1 is 1.18 bits per heavy atom. The maximum atomic E-state index is 9.92. The quantitative estimate of drug-likeness (QED) is 0.636. The molecule has 1 aliphatic rings. The molecule has 0 amide bonds. The van der Waals surface area contributed by atoms with Crippen LogP contribution in [0.2, 0.25) is 0 Å². The molecule has 0 aromatic carbocycles. The molecule has 102 valence electrons. The van der Waals surface area contributed by atoms with Gasteiger partial charge in [-0.25, -0.2) is 0 Å². The van der Waals surface area contributed by atoms with Crippen molar-refractivity contribution in [2.75, 3.05) is 0 Å². The van der Waals surface area contributed by atoms with Crippen molar-refractivity contribution in [1.82, 2.24) is 5.32 Å². The first-order valence-corrected chi connectivity index (χ1v) is 7.66. The number of rotatable bonds is 8. The summed E-state index contributed by atoms with van der Waals surface area (Å²) in [6, 6.07) is 1.33. The molecule has 0 radical (unpaired) electrons. The molecule has 1 rings (SSSR count). The van der Waals surface area contributed by atoms with E-state index in [1.165, 1.54) is 44.9 Å². The fourth-order valence-electron chi connectivity index (χ4n) is 2.81. The highest BCUT2D eigenvalue weighted by molar-refractivity contribution is 4.78. The molecule has 2 nitrogen and oxygen atoms in total. The van der Waals surface area contributed by atoms with E-state index >= 15 is 0 Å². The van der Waals surface area contributed by atoms with Crippen molar-refractivity contribution >= 4 is 0 Å². The first-order valence-electron chi connectivity index (χ1n) is 7.66. The van der Waals surface area contributed by atoms with Crippen LogP contribution in [0.3, 0.4) is 0 Å². The predicted octanol–water partition coefficient (Wildman–Crippen LogP) is 3.63. The summed E-state index contributed by atoms with van der Waals surface area (Å²) in [5, 5.41) is 13.6. The molecular weight excluding hydrogens is 210 g/mol. The highest BCUT2D eigenvalue weighted by Gasteiger charge is 2.18. The second kappa shape index (κ2) is 8.93. The number of unbranched alkanes of at least 4 members (excludes halogenated alkanes) is 3. The molecule has 0 saturated carbocycles. The molecule has 0 aromatic heterocycles. The Kier molecular flexibility index (Phi) is 7.87. The van der Waals surface area contributed by atoms with Gasteiger partial charge in [0.15, 0.2) is 0 Å². The Morgan fingerprint density at radius 3 is 2.71 bits per heavy atom. The summed E-state index contributed by atoms with van der Waals surface area (Å²) in [7, 11) is 0. The number of aliphatic hydroxyl groups excluding tert-OH is 1. The molecule has 2 heteroatoms. The number of piperidine rings is 1. The van der Waals surface area contributed by atoms with Crippen LogP contribution in [0.4, 0.5) is 0 Å². The number of hydrogen-bond acceptors (Lipinski definition) is 2. The molecule has 0 aliphatic carbocycles. The Labute approximate surface area is 107 Å². The zero-order valence-corrected chi connectivity index (χ0v) is 11.8. The Bertz CT molecular complexity index is 184. The van der Waals surface area contributed by atoms with E-state index in [2.05, 4.69) is 19.2 Å². The lowest BCUT2D eigenvalue weighted by Gasteiger charge is -2.29. The zero-order chi connectivity index (χ0) is 12.5. The van der Waals surface area contributed by atoms with Crippen LogP contribution in [0.1, 0.15) is 78.1 Å². The van der Waals surface area contributed by atoms with Crippen molar-refractivity contribution in [3.05, 3.63) is 0 Å². The third-order valence-electron chi connectivity index (χ3n) is 3.95. The van der Waals surface area contributed by atoms with E-state index in [0.29, 0.717) is 12.1 Å². The van der Waals surface area contributed by atoms with Crippen molar-refractivity contribution in [1.29, 1.82) is 0 Å². The van der Waals surface area contributed by atoms with E-state index in [1.54, 1.807) is 0 Å². The van der Waals surface area contributed by atoms with Crippen LogP contribution < -0.4 is 5.32 Å². The van der Waals surface area contributed by atoms with Gasteiger partial charge in [0.05, 0.1) is 6.10 Å². The Morgan fingerprint density at radius 2 is 2.00 bits per heavy atom. The van der Waals surface area contributed by atoms with Crippen molar-refractivity contribution in [2.45, 2.75) is 96.2 Å². The summed E-state index contributed by atoms with van der Waals surface area (Å²) >= 11 is 0. The third-order valence-corrected chi connectivity index (χ3v) is 3.95. The molecule has 1 aliphatic heterocycles. The average molecular weight is 241 g/mol. The van der Waals surface area contributed by atoms with Gasteiger partial charge in [0, 0.05) is 12.1 Å². The highest BCUT2D eigenvalue weighted by atomic mass is 16.3. The minimum Gasteiger partial charge on any atom is -0.393 e. The van der Waals surface area contributed by atoms with E-state index < -0.39 is 0 Å². The van der Waals surface area contributed by atoms with Crippen LogP contribution in [0.5, 0.6) is 0 Å². The van der Waals surface area contributed by atoms with E-state index in [0.717, 1.165) is 19.3 Å². The standard InChI is InChI=1S/C15H31NO/c1-3-4-5-6-10-15(17)12-11-14-9-7-8-13(2)16-14/h13-17H,3-12H2,1-2H3. The summed E-state index contributed by atoms with van der Waals surface area (Å²) in [4.78, 5) is 0. The normalized spacial score (nSPS) is 27.0. The van der Waals surface area contributed by atoms with Gasteiger partial charge in [-0.1, -0.05) is 39.0 Å². The van der Waals surface area contributed by atoms with Gasteiger partial charge >= 0.3 is 0 Å². The van der Waals surface area contributed by atoms with Crippen LogP contribution in [0, 0.1) is 0 Å². The van der Waals surface area contributed by atoms with Crippen LogP contribution in [-0.4, -0.2) is 23.3 Å².